The molecule has 0 radical (unpaired) electrons. The fraction of sp³-hybridized carbons (Fsp3) is 0.578. The van der Waals surface area contributed by atoms with Gasteiger partial charge >= 0.3 is 0 Å². The summed E-state index contributed by atoms with van der Waals surface area (Å²) >= 11 is 0. The number of nitrogens with zero attached hydrogens (tertiary/aromatic N) is 5. The van der Waals surface area contributed by atoms with E-state index in [-0.39, 0.29) is 24.7 Å². The van der Waals surface area contributed by atoms with Gasteiger partial charge in [-0.1, -0.05) is 18.2 Å². The second-order valence-corrected chi connectivity index (χ2v) is 18.3. The lowest BCUT2D eigenvalue weighted by Crippen LogP contribution is -2.48. The van der Waals surface area contributed by atoms with Crippen LogP contribution in [0.25, 0.3) is 11.0 Å². The number of piperidine rings is 1. The van der Waals surface area contributed by atoms with Crippen LogP contribution in [0.15, 0.2) is 60.5 Å². The summed E-state index contributed by atoms with van der Waals surface area (Å²) in [4.78, 5) is 23.4. The van der Waals surface area contributed by atoms with E-state index < -0.39 is 16.9 Å². The molecule has 0 bridgehead atoms. The van der Waals surface area contributed by atoms with Crippen molar-refractivity contribution in [1.82, 2.24) is 24.7 Å². The minimum Gasteiger partial charge on any atom is -0.474 e. The van der Waals surface area contributed by atoms with Crippen molar-refractivity contribution in [2.45, 2.75) is 116 Å². The minimum atomic E-state index is -0.565. The number of imidazole rings is 1. The number of hydrogen-bond donors (Lipinski definition) is 2. The summed E-state index contributed by atoms with van der Waals surface area (Å²) in [5, 5.41) is 12.2. The molecular formula is C45H60FN7O4. The molecule has 2 atom stereocenters. The Balaban J connectivity index is 0.937. The van der Waals surface area contributed by atoms with Gasteiger partial charge in [0.05, 0.1) is 66.7 Å². The van der Waals surface area contributed by atoms with Gasteiger partial charge in [-0.05, 0) is 133 Å². The van der Waals surface area contributed by atoms with Gasteiger partial charge in [0, 0.05) is 30.3 Å². The van der Waals surface area contributed by atoms with Crippen LogP contribution in [0.1, 0.15) is 99.9 Å². The Labute approximate surface area is 337 Å². The molecule has 57 heavy (non-hydrogen) atoms. The van der Waals surface area contributed by atoms with E-state index >= 15 is 0 Å². The molecule has 4 aliphatic rings. The van der Waals surface area contributed by atoms with Crippen LogP contribution in [-0.4, -0.2) is 88.4 Å². The van der Waals surface area contributed by atoms with Crippen molar-refractivity contribution in [2.75, 3.05) is 40.0 Å². The molecule has 2 saturated heterocycles. The van der Waals surface area contributed by atoms with Crippen LogP contribution < -0.4 is 11.1 Å². The molecule has 1 saturated carbocycles. The molecule has 1 spiro atoms. The first-order valence-corrected chi connectivity index (χ1v) is 20.6. The smallest absolute Gasteiger partial charge is 0.251 e. The number of benzene rings is 2. The highest BCUT2D eigenvalue weighted by Gasteiger charge is 2.41. The van der Waals surface area contributed by atoms with Gasteiger partial charge in [0.15, 0.2) is 5.88 Å². The molecule has 11 nitrogen and oxygen atoms in total. The number of carbonyl (C=O) groups excluding carboxylic acids is 1. The Morgan fingerprint density at radius 3 is 2.51 bits per heavy atom. The summed E-state index contributed by atoms with van der Waals surface area (Å²) < 4.78 is 34.6. The number of carbonyl (C=O) groups is 1. The van der Waals surface area contributed by atoms with Crippen LogP contribution >= 0.6 is 0 Å². The number of fused-ring (bicyclic) bond motifs is 1. The van der Waals surface area contributed by atoms with Crippen molar-refractivity contribution in [2.24, 2.45) is 17.1 Å². The number of rotatable bonds is 14. The van der Waals surface area contributed by atoms with E-state index in [1.54, 1.807) is 12.1 Å². The maximum Gasteiger partial charge on any atom is 0.251 e. The van der Waals surface area contributed by atoms with Crippen molar-refractivity contribution in [1.29, 1.82) is 5.26 Å². The Morgan fingerprint density at radius 1 is 1.09 bits per heavy atom. The molecule has 3 aliphatic heterocycles. The molecule has 1 amide bonds. The Bertz CT molecular complexity index is 2010. The largest absolute Gasteiger partial charge is 0.474 e. The summed E-state index contributed by atoms with van der Waals surface area (Å²) in [5.74, 6) is 1.73. The van der Waals surface area contributed by atoms with Crippen LogP contribution in [0.4, 0.5) is 4.39 Å². The molecule has 3 fully saturated rings. The van der Waals surface area contributed by atoms with E-state index in [0.717, 1.165) is 61.9 Å². The summed E-state index contributed by atoms with van der Waals surface area (Å²) in [6.07, 6.45) is 14.6. The zero-order valence-electron chi connectivity index (χ0n) is 34.4. The third-order valence-corrected chi connectivity index (χ3v) is 12.4. The average Bonchev–Trinajstić information content (AvgIpc) is 3.49. The lowest BCUT2D eigenvalue weighted by atomic mass is 9.64. The van der Waals surface area contributed by atoms with E-state index in [9.17, 15) is 9.18 Å². The maximum atomic E-state index is 14.5. The van der Waals surface area contributed by atoms with Crippen molar-refractivity contribution in [3.63, 3.8) is 0 Å². The number of nitriles is 1. The number of allylic oxidation sites excluding steroid dienone is 2. The molecule has 3 aromatic rings. The van der Waals surface area contributed by atoms with E-state index in [1.807, 2.05) is 58.0 Å². The van der Waals surface area contributed by atoms with Gasteiger partial charge in [-0.25, -0.2) is 9.37 Å². The number of likely N-dealkylation sites (tertiary alicyclic amines) is 1. The first kappa shape index (κ1) is 40.9. The molecule has 4 heterocycles. The van der Waals surface area contributed by atoms with Gasteiger partial charge in [0.1, 0.15) is 18.2 Å². The molecule has 3 N–H and O–H groups in total. The topological polar surface area (TPSA) is 131 Å². The van der Waals surface area contributed by atoms with Crippen LogP contribution in [-0.2, 0) is 33.9 Å². The van der Waals surface area contributed by atoms with E-state index in [0.29, 0.717) is 41.2 Å². The molecule has 306 valence electrons. The third-order valence-electron chi connectivity index (χ3n) is 12.4. The molecule has 2 aromatic carbocycles. The van der Waals surface area contributed by atoms with Gasteiger partial charge in [-0.15, -0.1) is 0 Å². The number of ether oxygens (including phenoxy) is 3. The second kappa shape index (κ2) is 16.9. The van der Waals surface area contributed by atoms with Crippen molar-refractivity contribution in [3.05, 3.63) is 88.8 Å². The highest BCUT2D eigenvalue weighted by molar-refractivity contribution is 5.97. The third kappa shape index (κ3) is 9.89. The lowest BCUT2D eigenvalue weighted by molar-refractivity contribution is -0.0593. The molecule has 12 heteroatoms. The number of hydrogen-bond acceptors (Lipinski definition) is 9. The number of likely N-dealkylation sites (N-methyl/N-ethyl adjacent to an activating group) is 1. The minimum absolute atomic E-state index is 0.116. The molecule has 1 aliphatic carbocycles. The Morgan fingerprint density at radius 2 is 1.84 bits per heavy atom. The fourth-order valence-corrected chi connectivity index (χ4v) is 8.89. The predicted octanol–water partition coefficient (Wildman–Crippen LogP) is 6.80. The lowest BCUT2D eigenvalue weighted by Gasteiger charge is -2.48. The van der Waals surface area contributed by atoms with E-state index in [4.69, 9.17) is 30.2 Å². The number of nitrogens with one attached hydrogen (secondary N) is 1. The predicted molar refractivity (Wildman–Crippen MR) is 218 cm³/mol. The number of halogens is 1. The zero-order valence-corrected chi connectivity index (χ0v) is 34.4. The standard InChI is InChI=1S/C45H60FN7O4/c1-43(2,48)29-55-30-44(3,4)50-42(54)33-11-12-37-39(24-33)53(26-35-15-22-56-35)40(49-37)27-52-20-18-45(19-21-52)16-13-32(14-17-45)38-7-6-8-41(51(38)5)57-28-34-10-9-31(25-47)23-36(34)46/h6-12,23-24,32,35,38H,13-22,26-30,48H2,1-5H3,(H,50,54). The van der Waals surface area contributed by atoms with Gasteiger partial charge in [-0.2, -0.15) is 5.26 Å². The maximum absolute atomic E-state index is 14.5. The number of aromatic nitrogens is 2. The van der Waals surface area contributed by atoms with Gasteiger partial charge < -0.3 is 34.7 Å². The Kier molecular flexibility index (Phi) is 12.1. The van der Waals surface area contributed by atoms with Gasteiger partial charge in [0.2, 0.25) is 0 Å². The first-order chi connectivity index (χ1) is 27.2. The highest BCUT2D eigenvalue weighted by Crippen LogP contribution is 2.48. The van der Waals surface area contributed by atoms with Crippen LogP contribution in [0.5, 0.6) is 0 Å². The quantitative estimate of drug-likeness (QED) is 0.181. The van der Waals surface area contributed by atoms with Crippen LogP contribution in [0.3, 0.4) is 0 Å². The summed E-state index contributed by atoms with van der Waals surface area (Å²) in [6, 6.07) is 12.5. The SMILES string of the molecule is CN1C(OCc2ccc(C#N)cc2F)=CC=CC1C1CCC2(CC1)CCN(Cc1nc3ccc(C(=O)NC(C)(C)COCC(C)(C)N)cc3n1CC1CCO1)CC2. The Hall–Kier alpha value is -4.28. The van der Waals surface area contributed by atoms with Gasteiger partial charge in [-0.3, -0.25) is 9.69 Å². The van der Waals surface area contributed by atoms with Gasteiger partial charge in [0.25, 0.3) is 5.91 Å². The van der Waals surface area contributed by atoms with E-state index in [2.05, 4.69) is 38.9 Å². The fourth-order valence-electron chi connectivity index (χ4n) is 8.89. The highest BCUT2D eigenvalue weighted by atomic mass is 19.1. The van der Waals surface area contributed by atoms with Crippen LogP contribution in [0, 0.1) is 28.5 Å². The second-order valence-electron chi connectivity index (χ2n) is 18.3. The average molecular weight is 782 g/mol. The van der Waals surface area contributed by atoms with Crippen LogP contribution in [0.2, 0.25) is 0 Å². The summed E-state index contributed by atoms with van der Waals surface area (Å²) in [5.41, 5.74) is 8.64. The monoisotopic (exact) mass is 781 g/mol. The van der Waals surface area contributed by atoms with Crippen molar-refractivity contribution < 1.29 is 23.4 Å². The molecular weight excluding hydrogens is 722 g/mol. The first-order valence-electron chi connectivity index (χ1n) is 20.6. The molecule has 7 rings (SSSR count). The van der Waals surface area contributed by atoms with E-state index in [1.165, 1.54) is 44.6 Å². The van der Waals surface area contributed by atoms with Crippen molar-refractivity contribution in [3.8, 4) is 6.07 Å². The zero-order chi connectivity index (χ0) is 40.4. The number of nitrogens with two attached hydrogens (primary N) is 1. The number of amides is 1. The molecule has 1 aromatic heterocycles. The normalized spacial score (nSPS) is 21.6. The van der Waals surface area contributed by atoms with Crippen molar-refractivity contribution >= 4 is 16.9 Å². The summed E-state index contributed by atoms with van der Waals surface area (Å²) in [6.45, 7) is 13.0. The summed E-state index contributed by atoms with van der Waals surface area (Å²) in [7, 11) is 2.07. The molecule has 2 unspecified atom stereocenters.